The molecule has 1 saturated heterocycles. The van der Waals surface area contributed by atoms with Gasteiger partial charge in [-0.2, -0.15) is 0 Å². The number of aryl methyl sites for hydroxylation is 1. The summed E-state index contributed by atoms with van der Waals surface area (Å²) in [7, 11) is 0. The van der Waals surface area contributed by atoms with Crippen LogP contribution in [0.25, 0.3) is 0 Å². The average Bonchev–Trinajstić information content (AvgIpc) is 2.91. The Kier molecular flexibility index (Phi) is 4.27. The molecule has 4 nitrogen and oxygen atoms in total. The van der Waals surface area contributed by atoms with Gasteiger partial charge < -0.3 is 10.1 Å². The summed E-state index contributed by atoms with van der Waals surface area (Å²) in [4.78, 5) is 23.5. The lowest BCUT2D eigenvalue weighted by Crippen LogP contribution is -2.36. The molecule has 1 fully saturated rings. The topological polar surface area (TPSA) is 55.4 Å². The molecule has 1 aliphatic rings. The maximum atomic E-state index is 13.1. The van der Waals surface area contributed by atoms with E-state index in [-0.39, 0.29) is 11.7 Å². The molecule has 2 rings (SSSR count). The number of ketones is 1. The van der Waals surface area contributed by atoms with Crippen LogP contribution in [0, 0.1) is 12.7 Å². The van der Waals surface area contributed by atoms with E-state index in [1.807, 2.05) is 0 Å². The van der Waals surface area contributed by atoms with E-state index in [4.69, 9.17) is 4.74 Å². The van der Waals surface area contributed by atoms with Gasteiger partial charge in [0, 0.05) is 18.7 Å². The molecule has 0 aliphatic carbocycles. The van der Waals surface area contributed by atoms with Crippen LogP contribution in [0.5, 0.6) is 0 Å². The highest BCUT2D eigenvalue weighted by molar-refractivity contribution is 6.42. The van der Waals surface area contributed by atoms with Crippen molar-refractivity contribution in [2.75, 3.05) is 13.2 Å². The third kappa shape index (κ3) is 3.38. The average molecular weight is 265 g/mol. The van der Waals surface area contributed by atoms with Gasteiger partial charge in [0.15, 0.2) is 0 Å². The second kappa shape index (κ2) is 5.93. The Labute approximate surface area is 110 Å². The number of amides is 1. The minimum Gasteiger partial charge on any atom is -0.376 e. The Morgan fingerprint density at radius 3 is 2.89 bits per heavy atom. The third-order valence-corrected chi connectivity index (χ3v) is 3.14. The number of ether oxygens (including phenoxy) is 1. The van der Waals surface area contributed by atoms with Crippen molar-refractivity contribution in [3.8, 4) is 0 Å². The van der Waals surface area contributed by atoms with E-state index in [1.165, 1.54) is 18.2 Å². The summed E-state index contributed by atoms with van der Waals surface area (Å²) in [5.74, 6) is -1.72. The van der Waals surface area contributed by atoms with Crippen LogP contribution in [0.3, 0.4) is 0 Å². The molecule has 102 valence electrons. The first kappa shape index (κ1) is 13.7. The zero-order valence-electron chi connectivity index (χ0n) is 10.7. The number of nitrogens with one attached hydrogen (secondary N) is 1. The normalized spacial score (nSPS) is 18.3. The molecule has 1 unspecified atom stereocenters. The van der Waals surface area contributed by atoms with Crippen molar-refractivity contribution in [3.05, 3.63) is 35.1 Å². The first-order valence-electron chi connectivity index (χ1n) is 6.28. The van der Waals surface area contributed by atoms with Crippen molar-refractivity contribution in [2.45, 2.75) is 25.9 Å². The van der Waals surface area contributed by atoms with Crippen LogP contribution < -0.4 is 5.32 Å². The monoisotopic (exact) mass is 265 g/mol. The lowest BCUT2D eigenvalue weighted by atomic mass is 10.1. The van der Waals surface area contributed by atoms with E-state index in [2.05, 4.69) is 5.32 Å². The first-order chi connectivity index (χ1) is 9.08. The van der Waals surface area contributed by atoms with E-state index in [1.54, 1.807) is 6.92 Å². The van der Waals surface area contributed by atoms with Gasteiger partial charge in [-0.1, -0.05) is 0 Å². The second-order valence-corrected chi connectivity index (χ2v) is 4.64. The molecule has 0 spiro atoms. The van der Waals surface area contributed by atoms with E-state index in [9.17, 15) is 14.0 Å². The summed E-state index contributed by atoms with van der Waals surface area (Å²) < 4.78 is 18.4. The van der Waals surface area contributed by atoms with Crippen LogP contribution in [-0.4, -0.2) is 30.9 Å². The molecule has 1 aliphatic heterocycles. The van der Waals surface area contributed by atoms with Crippen LogP contribution >= 0.6 is 0 Å². The standard InChI is InChI=1S/C14H16FNO3/c1-9-7-10(4-5-12(9)15)13(17)14(18)16-8-11-3-2-6-19-11/h4-5,7,11H,2-3,6,8H2,1H3,(H,16,18). The zero-order chi connectivity index (χ0) is 13.8. The smallest absolute Gasteiger partial charge is 0.292 e. The molecule has 5 heteroatoms. The molecular formula is C14H16FNO3. The largest absolute Gasteiger partial charge is 0.376 e. The summed E-state index contributed by atoms with van der Waals surface area (Å²) in [6.07, 6.45) is 1.86. The van der Waals surface area contributed by atoms with Gasteiger partial charge in [-0.15, -0.1) is 0 Å². The Morgan fingerprint density at radius 1 is 1.47 bits per heavy atom. The second-order valence-electron chi connectivity index (χ2n) is 4.64. The molecule has 1 aromatic carbocycles. The van der Waals surface area contributed by atoms with Gasteiger partial charge in [0.2, 0.25) is 5.78 Å². The first-order valence-corrected chi connectivity index (χ1v) is 6.28. The molecule has 1 amide bonds. The highest BCUT2D eigenvalue weighted by Crippen LogP contribution is 2.12. The third-order valence-electron chi connectivity index (χ3n) is 3.14. The van der Waals surface area contributed by atoms with Crippen LogP contribution in [0.4, 0.5) is 4.39 Å². The number of hydrogen-bond donors (Lipinski definition) is 1. The molecular weight excluding hydrogens is 249 g/mol. The van der Waals surface area contributed by atoms with Crippen LogP contribution in [0.1, 0.15) is 28.8 Å². The fraction of sp³-hybridized carbons (Fsp3) is 0.429. The van der Waals surface area contributed by atoms with Crippen molar-refractivity contribution >= 4 is 11.7 Å². The van der Waals surface area contributed by atoms with Crippen molar-refractivity contribution in [1.82, 2.24) is 5.32 Å². The van der Waals surface area contributed by atoms with Crippen molar-refractivity contribution < 1.29 is 18.7 Å². The van der Waals surface area contributed by atoms with E-state index < -0.39 is 17.5 Å². The number of halogens is 1. The highest BCUT2D eigenvalue weighted by atomic mass is 19.1. The van der Waals surface area contributed by atoms with Crippen molar-refractivity contribution in [2.24, 2.45) is 0 Å². The predicted molar refractivity (Wildman–Crippen MR) is 67.5 cm³/mol. The Bertz CT molecular complexity index is 495. The minimum atomic E-state index is -0.679. The molecule has 1 N–H and O–H groups in total. The number of benzene rings is 1. The molecule has 0 radical (unpaired) electrons. The Morgan fingerprint density at radius 2 is 2.26 bits per heavy atom. The fourth-order valence-electron chi connectivity index (χ4n) is 2.01. The fourth-order valence-corrected chi connectivity index (χ4v) is 2.01. The number of hydrogen-bond acceptors (Lipinski definition) is 3. The maximum absolute atomic E-state index is 13.1. The lowest BCUT2D eigenvalue weighted by Gasteiger charge is -2.10. The molecule has 19 heavy (non-hydrogen) atoms. The van der Waals surface area contributed by atoms with Crippen LogP contribution in [0.15, 0.2) is 18.2 Å². The molecule has 0 bridgehead atoms. The molecule has 0 saturated carbocycles. The summed E-state index contributed by atoms with van der Waals surface area (Å²) in [6.45, 7) is 2.59. The minimum absolute atomic E-state index is 0.00768. The van der Waals surface area contributed by atoms with Gasteiger partial charge in [0.1, 0.15) is 5.82 Å². The summed E-state index contributed by atoms with van der Waals surface area (Å²) in [6, 6.07) is 3.88. The SMILES string of the molecule is Cc1cc(C(=O)C(=O)NCC2CCCO2)ccc1F. The molecule has 1 aromatic rings. The van der Waals surface area contributed by atoms with Gasteiger partial charge in [-0.25, -0.2) is 4.39 Å². The summed E-state index contributed by atoms with van der Waals surface area (Å²) >= 11 is 0. The number of rotatable bonds is 4. The van der Waals surface area contributed by atoms with Crippen molar-refractivity contribution in [1.29, 1.82) is 0 Å². The summed E-state index contributed by atoms with van der Waals surface area (Å²) in [5.41, 5.74) is 0.543. The number of Topliss-reactive ketones (excluding diaryl/α,β-unsaturated/α-hetero) is 1. The highest BCUT2D eigenvalue weighted by Gasteiger charge is 2.20. The van der Waals surface area contributed by atoms with Crippen LogP contribution in [0.2, 0.25) is 0 Å². The van der Waals surface area contributed by atoms with Gasteiger partial charge in [-0.05, 0) is 43.5 Å². The number of carbonyl (C=O) groups excluding carboxylic acids is 2. The van der Waals surface area contributed by atoms with Crippen LogP contribution in [-0.2, 0) is 9.53 Å². The van der Waals surface area contributed by atoms with E-state index >= 15 is 0 Å². The molecule has 0 aromatic heterocycles. The molecule has 1 atom stereocenters. The van der Waals surface area contributed by atoms with E-state index in [0.717, 1.165) is 12.8 Å². The van der Waals surface area contributed by atoms with E-state index in [0.29, 0.717) is 18.7 Å². The van der Waals surface area contributed by atoms with Gasteiger partial charge in [0.25, 0.3) is 5.91 Å². The van der Waals surface area contributed by atoms with Crippen molar-refractivity contribution in [3.63, 3.8) is 0 Å². The quantitative estimate of drug-likeness (QED) is 0.664. The van der Waals surface area contributed by atoms with Gasteiger partial charge >= 0.3 is 0 Å². The van der Waals surface area contributed by atoms with Gasteiger partial charge in [0.05, 0.1) is 6.10 Å². The summed E-state index contributed by atoms with van der Waals surface area (Å²) in [5, 5.41) is 2.55. The van der Waals surface area contributed by atoms with Gasteiger partial charge in [-0.3, -0.25) is 9.59 Å². The maximum Gasteiger partial charge on any atom is 0.292 e. The zero-order valence-corrected chi connectivity index (χ0v) is 10.7. The Balaban J connectivity index is 1.94. The lowest BCUT2D eigenvalue weighted by molar-refractivity contribution is -0.117. The Hall–Kier alpha value is -1.75. The molecule has 1 heterocycles. The number of carbonyl (C=O) groups is 2. The predicted octanol–water partition coefficient (Wildman–Crippen LogP) is 1.61.